The summed E-state index contributed by atoms with van der Waals surface area (Å²) >= 11 is 0. The van der Waals surface area contributed by atoms with Crippen LogP contribution in [0.5, 0.6) is 0 Å². The van der Waals surface area contributed by atoms with Crippen LogP contribution in [-0.2, 0) is 13.0 Å². The van der Waals surface area contributed by atoms with Crippen molar-refractivity contribution in [1.29, 1.82) is 0 Å². The van der Waals surface area contributed by atoms with Crippen LogP contribution in [0.3, 0.4) is 0 Å². The highest BCUT2D eigenvalue weighted by Gasteiger charge is 2.07. The summed E-state index contributed by atoms with van der Waals surface area (Å²) in [5.74, 6) is 1.04. The third-order valence-electron chi connectivity index (χ3n) is 3.04. The Morgan fingerprint density at radius 1 is 1.40 bits per heavy atom. The molecule has 0 aromatic carbocycles. The second-order valence-electron chi connectivity index (χ2n) is 5.92. The van der Waals surface area contributed by atoms with Crippen LogP contribution in [-0.4, -0.2) is 24.6 Å². The molecule has 20 heavy (non-hydrogen) atoms. The van der Waals surface area contributed by atoms with Crippen LogP contribution in [0.25, 0.3) is 0 Å². The van der Waals surface area contributed by atoms with Crippen molar-refractivity contribution in [2.75, 3.05) is 18.5 Å². The number of pyridine rings is 1. The highest BCUT2D eigenvalue weighted by atomic mass is 15.2. The van der Waals surface area contributed by atoms with E-state index in [9.17, 15) is 0 Å². The molecule has 0 amide bonds. The van der Waals surface area contributed by atoms with Gasteiger partial charge in [-0.25, -0.2) is 4.98 Å². The predicted molar refractivity (Wildman–Crippen MR) is 88.3 cm³/mol. The SMILES string of the molecule is C=C(C)CN(C)c1cc(CNC(C)C)cc(CCC)n1. The molecule has 1 heterocycles. The van der Waals surface area contributed by atoms with Crippen molar-refractivity contribution in [2.45, 2.75) is 53.1 Å². The van der Waals surface area contributed by atoms with Crippen molar-refractivity contribution in [1.82, 2.24) is 10.3 Å². The van der Waals surface area contributed by atoms with Crippen LogP contribution in [0.15, 0.2) is 24.3 Å². The average molecular weight is 275 g/mol. The van der Waals surface area contributed by atoms with Gasteiger partial charge in [0.15, 0.2) is 0 Å². The Morgan fingerprint density at radius 2 is 2.10 bits per heavy atom. The largest absolute Gasteiger partial charge is 0.356 e. The molecular weight excluding hydrogens is 246 g/mol. The first kappa shape index (κ1) is 16.7. The predicted octanol–water partition coefficient (Wildman–Crippen LogP) is 3.54. The molecule has 0 saturated heterocycles. The fourth-order valence-corrected chi connectivity index (χ4v) is 2.12. The van der Waals surface area contributed by atoms with E-state index in [2.05, 4.69) is 56.7 Å². The zero-order valence-corrected chi connectivity index (χ0v) is 13.7. The Balaban J connectivity index is 2.94. The number of hydrogen-bond acceptors (Lipinski definition) is 3. The van der Waals surface area contributed by atoms with E-state index < -0.39 is 0 Å². The van der Waals surface area contributed by atoms with E-state index in [0.717, 1.165) is 37.3 Å². The molecule has 0 radical (unpaired) electrons. The molecule has 0 atom stereocenters. The van der Waals surface area contributed by atoms with E-state index in [-0.39, 0.29) is 0 Å². The molecule has 0 aliphatic carbocycles. The summed E-state index contributed by atoms with van der Waals surface area (Å²) in [5, 5.41) is 3.47. The maximum atomic E-state index is 4.76. The molecule has 0 fully saturated rings. The Morgan fingerprint density at radius 3 is 2.65 bits per heavy atom. The Labute approximate surface area is 124 Å². The maximum absolute atomic E-state index is 4.76. The molecule has 3 nitrogen and oxygen atoms in total. The lowest BCUT2D eigenvalue weighted by atomic mass is 10.1. The fourth-order valence-electron chi connectivity index (χ4n) is 2.12. The van der Waals surface area contributed by atoms with Gasteiger partial charge in [-0.3, -0.25) is 0 Å². The first-order chi connectivity index (χ1) is 9.42. The van der Waals surface area contributed by atoms with E-state index in [0.29, 0.717) is 6.04 Å². The van der Waals surface area contributed by atoms with Crippen LogP contribution in [0.1, 0.15) is 45.4 Å². The van der Waals surface area contributed by atoms with Gasteiger partial charge in [-0.15, -0.1) is 0 Å². The summed E-state index contributed by atoms with van der Waals surface area (Å²) in [6, 6.07) is 4.89. The molecule has 1 rings (SSSR count). The van der Waals surface area contributed by atoms with Crippen LogP contribution >= 0.6 is 0 Å². The minimum Gasteiger partial charge on any atom is -0.356 e. The molecule has 0 saturated carbocycles. The van der Waals surface area contributed by atoms with Gasteiger partial charge in [-0.2, -0.15) is 0 Å². The van der Waals surface area contributed by atoms with E-state index in [1.807, 2.05) is 6.92 Å². The lowest BCUT2D eigenvalue weighted by molar-refractivity contribution is 0.588. The van der Waals surface area contributed by atoms with Crippen molar-refractivity contribution in [3.8, 4) is 0 Å². The van der Waals surface area contributed by atoms with Gasteiger partial charge in [0.1, 0.15) is 5.82 Å². The number of nitrogens with zero attached hydrogens (tertiary/aromatic N) is 2. The lowest BCUT2D eigenvalue weighted by Crippen LogP contribution is -2.24. The molecule has 0 bridgehead atoms. The molecular formula is C17H29N3. The molecule has 0 spiro atoms. The molecule has 1 aromatic rings. The van der Waals surface area contributed by atoms with Crippen molar-refractivity contribution in [2.24, 2.45) is 0 Å². The number of anilines is 1. The van der Waals surface area contributed by atoms with Crippen molar-refractivity contribution in [3.63, 3.8) is 0 Å². The molecule has 3 heteroatoms. The molecule has 112 valence electrons. The molecule has 1 N–H and O–H groups in total. The second kappa shape index (κ2) is 8.05. The first-order valence-electron chi connectivity index (χ1n) is 7.51. The van der Waals surface area contributed by atoms with Crippen molar-refractivity contribution < 1.29 is 0 Å². The molecule has 1 aromatic heterocycles. The van der Waals surface area contributed by atoms with Gasteiger partial charge in [0.2, 0.25) is 0 Å². The number of nitrogens with one attached hydrogen (secondary N) is 1. The molecule has 0 aliphatic heterocycles. The van der Waals surface area contributed by atoms with Crippen LogP contribution in [0, 0.1) is 0 Å². The standard InChI is InChI=1S/C17H29N3/c1-7-8-16-9-15(11-18-14(4)5)10-17(19-16)20(6)12-13(2)3/h9-10,14,18H,2,7-8,11-12H2,1,3-6H3. The number of rotatable bonds is 8. The topological polar surface area (TPSA) is 28.2 Å². The number of hydrogen-bond donors (Lipinski definition) is 1. The lowest BCUT2D eigenvalue weighted by Gasteiger charge is -2.20. The number of likely N-dealkylation sites (N-methyl/N-ethyl adjacent to an activating group) is 1. The summed E-state index contributed by atoms with van der Waals surface area (Å²) in [6.07, 6.45) is 2.15. The molecule has 0 aliphatic rings. The Hall–Kier alpha value is -1.35. The Kier molecular flexibility index (Phi) is 6.73. The average Bonchev–Trinajstić information content (AvgIpc) is 2.35. The van der Waals surface area contributed by atoms with Crippen LogP contribution < -0.4 is 10.2 Å². The number of aryl methyl sites for hydroxylation is 1. The van der Waals surface area contributed by atoms with Gasteiger partial charge in [0.05, 0.1) is 0 Å². The third kappa shape index (κ3) is 5.74. The third-order valence-corrected chi connectivity index (χ3v) is 3.04. The van der Waals surface area contributed by atoms with Gasteiger partial charge in [0.25, 0.3) is 0 Å². The highest BCUT2D eigenvalue weighted by molar-refractivity contribution is 5.43. The van der Waals surface area contributed by atoms with Gasteiger partial charge in [-0.05, 0) is 31.0 Å². The monoisotopic (exact) mass is 275 g/mol. The quantitative estimate of drug-likeness (QED) is 0.735. The summed E-state index contributed by atoms with van der Waals surface area (Å²) < 4.78 is 0. The summed E-state index contributed by atoms with van der Waals surface area (Å²) in [6.45, 7) is 14.3. The first-order valence-corrected chi connectivity index (χ1v) is 7.51. The van der Waals surface area contributed by atoms with E-state index in [1.165, 1.54) is 11.3 Å². The highest BCUT2D eigenvalue weighted by Crippen LogP contribution is 2.16. The van der Waals surface area contributed by atoms with Gasteiger partial charge in [-0.1, -0.05) is 39.3 Å². The van der Waals surface area contributed by atoms with Gasteiger partial charge < -0.3 is 10.2 Å². The minimum absolute atomic E-state index is 0.495. The maximum Gasteiger partial charge on any atom is 0.129 e. The van der Waals surface area contributed by atoms with E-state index >= 15 is 0 Å². The minimum atomic E-state index is 0.495. The summed E-state index contributed by atoms with van der Waals surface area (Å²) in [7, 11) is 2.08. The number of aromatic nitrogens is 1. The van der Waals surface area contributed by atoms with Crippen LogP contribution in [0.4, 0.5) is 5.82 Å². The normalized spacial score (nSPS) is 10.9. The molecule has 0 unspecified atom stereocenters. The van der Waals surface area contributed by atoms with Gasteiger partial charge in [0, 0.05) is 31.9 Å². The fraction of sp³-hybridized carbons (Fsp3) is 0.588. The zero-order valence-electron chi connectivity index (χ0n) is 13.7. The van der Waals surface area contributed by atoms with Crippen LogP contribution in [0.2, 0.25) is 0 Å². The second-order valence-corrected chi connectivity index (χ2v) is 5.92. The zero-order chi connectivity index (χ0) is 15.1. The van der Waals surface area contributed by atoms with Crippen molar-refractivity contribution >= 4 is 5.82 Å². The smallest absolute Gasteiger partial charge is 0.129 e. The summed E-state index contributed by atoms with van der Waals surface area (Å²) in [4.78, 5) is 6.93. The van der Waals surface area contributed by atoms with E-state index in [4.69, 9.17) is 4.98 Å². The Bertz CT molecular complexity index is 438. The van der Waals surface area contributed by atoms with E-state index in [1.54, 1.807) is 0 Å². The van der Waals surface area contributed by atoms with Crippen molar-refractivity contribution in [3.05, 3.63) is 35.5 Å². The van der Waals surface area contributed by atoms with Gasteiger partial charge >= 0.3 is 0 Å². The summed E-state index contributed by atoms with van der Waals surface area (Å²) in [5.41, 5.74) is 3.64.